The Bertz CT molecular complexity index is 906. The molecule has 3 nitrogen and oxygen atoms in total. The molecule has 27 heavy (non-hydrogen) atoms. The molecule has 0 radical (unpaired) electrons. The van der Waals surface area contributed by atoms with Crippen molar-refractivity contribution in [2.75, 3.05) is 13.7 Å². The maximum Gasteiger partial charge on any atom is 0.123 e. The summed E-state index contributed by atoms with van der Waals surface area (Å²) in [5.74, 6) is -0.268. The Morgan fingerprint density at radius 3 is 2.52 bits per heavy atom. The van der Waals surface area contributed by atoms with Crippen molar-refractivity contribution in [2.45, 2.75) is 19.4 Å². The fourth-order valence-electron chi connectivity index (χ4n) is 2.97. The number of hydrogen-bond acceptors (Lipinski definition) is 3. The van der Waals surface area contributed by atoms with Crippen LogP contribution in [-0.4, -0.2) is 19.8 Å². The third-order valence-corrected chi connectivity index (χ3v) is 4.35. The van der Waals surface area contributed by atoms with Crippen LogP contribution in [0.25, 0.3) is 16.5 Å². The first kappa shape index (κ1) is 19.1. The van der Waals surface area contributed by atoms with Gasteiger partial charge in [-0.15, -0.1) is 0 Å². The van der Waals surface area contributed by atoms with E-state index < -0.39 is 0 Å². The van der Waals surface area contributed by atoms with Crippen LogP contribution >= 0.6 is 0 Å². The van der Waals surface area contributed by atoms with Gasteiger partial charge in [-0.1, -0.05) is 42.5 Å². The standard InChI is InChI=1S/C23H24FNO2/c1-17(15-23(25-26-2)20-9-11-22(24)12-10-20)27-14-13-18-7-8-19-5-3-4-6-21(19)16-18/h3-12,15-17,25H,13-14H2,1-2H3. The molecule has 0 amide bonds. The number of nitrogens with one attached hydrogen (secondary N) is 1. The van der Waals surface area contributed by atoms with E-state index in [1.54, 1.807) is 19.2 Å². The molecule has 0 fully saturated rings. The molecule has 1 atom stereocenters. The molecule has 0 aliphatic carbocycles. The Kier molecular flexibility index (Phi) is 6.58. The Labute approximate surface area is 159 Å². The van der Waals surface area contributed by atoms with Crippen molar-refractivity contribution in [1.82, 2.24) is 5.48 Å². The zero-order chi connectivity index (χ0) is 19.1. The minimum atomic E-state index is -0.268. The molecule has 3 aromatic carbocycles. The molecule has 4 heteroatoms. The largest absolute Gasteiger partial charge is 0.374 e. The summed E-state index contributed by atoms with van der Waals surface area (Å²) >= 11 is 0. The molecule has 0 bridgehead atoms. The monoisotopic (exact) mass is 365 g/mol. The summed E-state index contributed by atoms with van der Waals surface area (Å²) in [4.78, 5) is 5.04. The zero-order valence-electron chi connectivity index (χ0n) is 15.6. The van der Waals surface area contributed by atoms with Crippen molar-refractivity contribution in [2.24, 2.45) is 0 Å². The molecule has 1 N–H and O–H groups in total. The molecule has 140 valence electrons. The second-order valence-electron chi connectivity index (χ2n) is 6.40. The van der Waals surface area contributed by atoms with Crippen LogP contribution in [0.3, 0.4) is 0 Å². The van der Waals surface area contributed by atoms with Gasteiger partial charge in [0.25, 0.3) is 0 Å². The average Bonchev–Trinajstić information content (AvgIpc) is 2.68. The van der Waals surface area contributed by atoms with Crippen molar-refractivity contribution in [3.05, 3.63) is 89.8 Å². The number of hydrogen-bond donors (Lipinski definition) is 1. The highest BCUT2D eigenvalue weighted by atomic mass is 19.1. The molecule has 0 aliphatic rings. The van der Waals surface area contributed by atoms with Crippen molar-refractivity contribution in [1.29, 1.82) is 0 Å². The van der Waals surface area contributed by atoms with E-state index in [0.717, 1.165) is 17.7 Å². The van der Waals surface area contributed by atoms with Crippen LogP contribution in [0.2, 0.25) is 0 Å². The van der Waals surface area contributed by atoms with Gasteiger partial charge in [-0.3, -0.25) is 10.3 Å². The fourth-order valence-corrected chi connectivity index (χ4v) is 2.97. The number of benzene rings is 3. The topological polar surface area (TPSA) is 30.5 Å². The Hall–Kier alpha value is -2.69. The molecule has 0 saturated carbocycles. The van der Waals surface area contributed by atoms with Crippen molar-refractivity contribution in [3.8, 4) is 0 Å². The van der Waals surface area contributed by atoms with Gasteiger partial charge in [0.05, 0.1) is 25.5 Å². The molecular weight excluding hydrogens is 341 g/mol. The van der Waals surface area contributed by atoms with E-state index >= 15 is 0 Å². The summed E-state index contributed by atoms with van der Waals surface area (Å²) in [6, 6.07) is 21.1. The van der Waals surface area contributed by atoms with Crippen LogP contribution in [0.1, 0.15) is 18.1 Å². The second kappa shape index (κ2) is 9.31. The first-order valence-corrected chi connectivity index (χ1v) is 9.02. The summed E-state index contributed by atoms with van der Waals surface area (Å²) in [5.41, 5.74) is 5.67. The van der Waals surface area contributed by atoms with E-state index in [1.165, 1.54) is 28.5 Å². The van der Waals surface area contributed by atoms with Gasteiger partial charge < -0.3 is 4.74 Å². The molecule has 3 rings (SSSR count). The van der Waals surface area contributed by atoms with Crippen LogP contribution < -0.4 is 5.48 Å². The summed E-state index contributed by atoms with van der Waals surface area (Å²) in [6.45, 7) is 2.58. The van der Waals surface area contributed by atoms with E-state index in [2.05, 4.69) is 41.9 Å². The molecular formula is C23H24FNO2. The van der Waals surface area contributed by atoms with Crippen LogP contribution in [0.15, 0.2) is 72.8 Å². The van der Waals surface area contributed by atoms with Crippen LogP contribution in [0, 0.1) is 5.82 Å². The lowest BCUT2D eigenvalue weighted by Crippen LogP contribution is -2.15. The predicted molar refractivity (Wildman–Crippen MR) is 108 cm³/mol. The van der Waals surface area contributed by atoms with Crippen LogP contribution in [0.5, 0.6) is 0 Å². The van der Waals surface area contributed by atoms with Crippen molar-refractivity contribution < 1.29 is 14.0 Å². The molecule has 0 aliphatic heterocycles. The SMILES string of the molecule is CONC(=CC(C)OCCc1ccc2ccccc2c1)c1ccc(F)cc1. The lowest BCUT2D eigenvalue weighted by Gasteiger charge is -2.14. The number of fused-ring (bicyclic) bond motifs is 1. The summed E-state index contributed by atoms with van der Waals surface area (Å²) < 4.78 is 19.1. The molecule has 0 aromatic heterocycles. The highest BCUT2D eigenvalue weighted by molar-refractivity contribution is 5.82. The van der Waals surface area contributed by atoms with Gasteiger partial charge in [-0.05, 0) is 65.6 Å². The minimum absolute atomic E-state index is 0.117. The number of ether oxygens (including phenoxy) is 1. The van der Waals surface area contributed by atoms with Crippen molar-refractivity contribution in [3.63, 3.8) is 0 Å². The van der Waals surface area contributed by atoms with E-state index in [0.29, 0.717) is 6.61 Å². The molecule has 1 unspecified atom stereocenters. The van der Waals surface area contributed by atoms with E-state index in [9.17, 15) is 4.39 Å². The predicted octanol–water partition coefficient (Wildman–Crippen LogP) is 5.12. The summed E-state index contributed by atoms with van der Waals surface area (Å²) in [7, 11) is 1.54. The van der Waals surface area contributed by atoms with Gasteiger partial charge in [-0.25, -0.2) is 4.39 Å². The smallest absolute Gasteiger partial charge is 0.123 e. The normalized spacial score (nSPS) is 12.9. The van der Waals surface area contributed by atoms with Gasteiger partial charge in [0.1, 0.15) is 5.82 Å². The Morgan fingerprint density at radius 1 is 1.04 bits per heavy atom. The van der Waals surface area contributed by atoms with E-state index in [1.807, 2.05) is 19.1 Å². The Balaban J connectivity index is 1.60. The minimum Gasteiger partial charge on any atom is -0.374 e. The van der Waals surface area contributed by atoms with Crippen molar-refractivity contribution >= 4 is 16.5 Å². The lowest BCUT2D eigenvalue weighted by molar-refractivity contribution is 0.0976. The maximum atomic E-state index is 13.1. The second-order valence-corrected chi connectivity index (χ2v) is 6.40. The highest BCUT2D eigenvalue weighted by Gasteiger charge is 2.06. The van der Waals surface area contributed by atoms with Gasteiger partial charge in [0.15, 0.2) is 0 Å². The zero-order valence-corrected chi connectivity index (χ0v) is 15.6. The maximum absolute atomic E-state index is 13.1. The highest BCUT2D eigenvalue weighted by Crippen LogP contribution is 2.17. The number of halogens is 1. The third kappa shape index (κ3) is 5.39. The fraction of sp³-hybridized carbons (Fsp3) is 0.217. The van der Waals surface area contributed by atoms with Crippen LogP contribution in [-0.2, 0) is 16.0 Å². The lowest BCUT2D eigenvalue weighted by atomic mass is 10.1. The quantitative estimate of drug-likeness (QED) is 0.562. The van der Waals surface area contributed by atoms with Gasteiger partial charge in [0.2, 0.25) is 0 Å². The third-order valence-electron chi connectivity index (χ3n) is 4.35. The van der Waals surface area contributed by atoms with Crippen LogP contribution in [0.4, 0.5) is 4.39 Å². The average molecular weight is 365 g/mol. The molecule has 0 saturated heterocycles. The molecule has 0 spiro atoms. The van der Waals surface area contributed by atoms with Gasteiger partial charge >= 0.3 is 0 Å². The van der Waals surface area contributed by atoms with E-state index in [-0.39, 0.29) is 11.9 Å². The number of hydroxylamine groups is 1. The summed E-state index contributed by atoms with van der Waals surface area (Å²) in [5, 5.41) is 2.49. The Morgan fingerprint density at radius 2 is 1.78 bits per heavy atom. The first-order valence-electron chi connectivity index (χ1n) is 9.02. The van der Waals surface area contributed by atoms with Gasteiger partial charge in [-0.2, -0.15) is 0 Å². The first-order chi connectivity index (χ1) is 13.2. The summed E-state index contributed by atoms with van der Waals surface area (Å²) in [6.07, 6.45) is 2.65. The number of rotatable bonds is 8. The molecule has 3 aromatic rings. The van der Waals surface area contributed by atoms with E-state index in [4.69, 9.17) is 9.57 Å². The van der Waals surface area contributed by atoms with Gasteiger partial charge in [0, 0.05) is 0 Å². The molecule has 0 heterocycles.